The predicted molar refractivity (Wildman–Crippen MR) is 57.4 cm³/mol. The fourth-order valence-corrected chi connectivity index (χ4v) is 1.81. The first-order chi connectivity index (χ1) is 6.70. The van der Waals surface area contributed by atoms with Crippen LogP contribution >= 0.6 is 0 Å². The number of nitrogens with two attached hydrogens (primary N) is 1. The van der Waals surface area contributed by atoms with Gasteiger partial charge in [0.15, 0.2) is 0 Å². The zero-order valence-electron chi connectivity index (χ0n) is 8.79. The van der Waals surface area contributed by atoms with Crippen molar-refractivity contribution in [1.29, 1.82) is 0 Å². The molecule has 1 aromatic rings. The van der Waals surface area contributed by atoms with E-state index >= 15 is 0 Å². The van der Waals surface area contributed by atoms with Gasteiger partial charge in [-0.1, -0.05) is 6.07 Å². The van der Waals surface area contributed by atoms with E-state index in [0.717, 1.165) is 5.75 Å². The molecule has 0 aliphatic heterocycles. The first-order valence-electron chi connectivity index (χ1n) is 5.12. The third-order valence-electron chi connectivity index (χ3n) is 2.82. The summed E-state index contributed by atoms with van der Waals surface area (Å²) in [6.45, 7) is 2.08. The Hall–Kier alpha value is -1.02. The minimum atomic E-state index is 0.198. The second-order valence-corrected chi connectivity index (χ2v) is 4.15. The summed E-state index contributed by atoms with van der Waals surface area (Å²) in [6, 6.07) is 6.44. The molecule has 1 aliphatic carbocycles. The molecule has 0 heterocycles. The van der Waals surface area contributed by atoms with Gasteiger partial charge in [0.25, 0.3) is 0 Å². The molecule has 14 heavy (non-hydrogen) atoms. The lowest BCUT2D eigenvalue weighted by molar-refractivity contribution is 0.413. The van der Waals surface area contributed by atoms with Gasteiger partial charge in [-0.25, -0.2) is 0 Å². The van der Waals surface area contributed by atoms with Crippen LogP contribution < -0.4 is 10.5 Å². The van der Waals surface area contributed by atoms with Crippen molar-refractivity contribution in [2.45, 2.75) is 25.8 Å². The Morgan fingerprint density at radius 1 is 1.36 bits per heavy atom. The van der Waals surface area contributed by atoms with Gasteiger partial charge in [-0.05, 0) is 48.9 Å². The topological polar surface area (TPSA) is 35.2 Å². The van der Waals surface area contributed by atoms with Gasteiger partial charge in [-0.15, -0.1) is 0 Å². The molecule has 2 heteroatoms. The molecule has 1 fully saturated rings. The second-order valence-electron chi connectivity index (χ2n) is 4.15. The molecule has 76 valence electrons. The first-order valence-corrected chi connectivity index (χ1v) is 5.12. The molecule has 1 saturated carbocycles. The molecule has 0 saturated heterocycles. The number of hydrogen-bond donors (Lipinski definition) is 1. The van der Waals surface area contributed by atoms with E-state index in [9.17, 15) is 0 Å². The summed E-state index contributed by atoms with van der Waals surface area (Å²) in [5.74, 6) is 1.61. The number of aryl methyl sites for hydroxylation is 1. The lowest BCUT2D eigenvalue weighted by Crippen LogP contribution is -2.12. The number of benzene rings is 1. The highest BCUT2D eigenvalue weighted by Crippen LogP contribution is 2.40. The molecule has 1 atom stereocenters. The Morgan fingerprint density at radius 2 is 2.07 bits per heavy atom. The average Bonchev–Trinajstić information content (AvgIpc) is 2.99. The number of ether oxygens (including phenoxy) is 1. The van der Waals surface area contributed by atoms with Gasteiger partial charge >= 0.3 is 0 Å². The third kappa shape index (κ3) is 1.90. The molecule has 1 aliphatic rings. The standard InChI is InChI=1S/C12H17NO/c1-8-5-10(7-11(6-8)14-2)12(13)9-3-4-9/h5-7,9,12H,3-4,13H2,1-2H3/t12-/m1/s1. The van der Waals surface area contributed by atoms with Gasteiger partial charge in [-0.3, -0.25) is 0 Å². The summed E-state index contributed by atoms with van der Waals surface area (Å²) in [4.78, 5) is 0. The first kappa shape index (κ1) is 9.53. The van der Waals surface area contributed by atoms with Crippen LogP contribution in [0.5, 0.6) is 5.75 Å². The largest absolute Gasteiger partial charge is 0.497 e. The van der Waals surface area contributed by atoms with Gasteiger partial charge in [0.1, 0.15) is 5.75 Å². The van der Waals surface area contributed by atoms with Crippen LogP contribution in [-0.4, -0.2) is 7.11 Å². The average molecular weight is 191 g/mol. The highest BCUT2D eigenvalue weighted by atomic mass is 16.5. The summed E-state index contributed by atoms with van der Waals surface area (Å²) in [5, 5.41) is 0. The Labute approximate surface area is 85.1 Å². The van der Waals surface area contributed by atoms with Crippen molar-refractivity contribution in [3.05, 3.63) is 29.3 Å². The van der Waals surface area contributed by atoms with Crippen molar-refractivity contribution in [1.82, 2.24) is 0 Å². The smallest absolute Gasteiger partial charge is 0.119 e. The maximum atomic E-state index is 6.14. The fraction of sp³-hybridized carbons (Fsp3) is 0.500. The molecule has 0 amide bonds. The van der Waals surface area contributed by atoms with Crippen LogP contribution in [0, 0.1) is 12.8 Å². The Bertz CT molecular complexity index is 331. The molecule has 0 unspecified atom stereocenters. The third-order valence-corrected chi connectivity index (χ3v) is 2.82. The van der Waals surface area contributed by atoms with Gasteiger partial charge < -0.3 is 10.5 Å². The van der Waals surface area contributed by atoms with E-state index in [4.69, 9.17) is 10.5 Å². The van der Waals surface area contributed by atoms with Crippen LogP contribution in [0.25, 0.3) is 0 Å². The van der Waals surface area contributed by atoms with E-state index in [2.05, 4.69) is 19.1 Å². The van der Waals surface area contributed by atoms with Crippen molar-refractivity contribution in [2.24, 2.45) is 11.7 Å². The van der Waals surface area contributed by atoms with Crippen LogP contribution in [0.4, 0.5) is 0 Å². The zero-order chi connectivity index (χ0) is 10.1. The molecule has 0 aromatic heterocycles. The van der Waals surface area contributed by atoms with Gasteiger partial charge in [0.2, 0.25) is 0 Å². The van der Waals surface area contributed by atoms with E-state index in [1.807, 2.05) is 6.07 Å². The monoisotopic (exact) mass is 191 g/mol. The zero-order valence-corrected chi connectivity index (χ0v) is 8.79. The highest BCUT2D eigenvalue weighted by molar-refractivity contribution is 5.36. The number of hydrogen-bond acceptors (Lipinski definition) is 2. The van der Waals surface area contributed by atoms with Crippen LogP contribution in [0.1, 0.15) is 30.0 Å². The van der Waals surface area contributed by atoms with Crippen molar-refractivity contribution in [2.75, 3.05) is 7.11 Å². The molecule has 2 nitrogen and oxygen atoms in total. The fourth-order valence-electron chi connectivity index (χ4n) is 1.81. The quantitative estimate of drug-likeness (QED) is 0.796. The molecule has 0 bridgehead atoms. The minimum Gasteiger partial charge on any atom is -0.497 e. The molecular weight excluding hydrogens is 174 g/mol. The SMILES string of the molecule is COc1cc(C)cc([C@H](N)C2CC2)c1. The lowest BCUT2D eigenvalue weighted by atomic mass is 10.0. The Morgan fingerprint density at radius 3 is 2.64 bits per heavy atom. The highest BCUT2D eigenvalue weighted by Gasteiger charge is 2.29. The molecule has 2 N–H and O–H groups in total. The van der Waals surface area contributed by atoms with Crippen LogP contribution in [-0.2, 0) is 0 Å². The van der Waals surface area contributed by atoms with E-state index in [1.165, 1.54) is 24.0 Å². The van der Waals surface area contributed by atoms with Crippen molar-refractivity contribution in [3.63, 3.8) is 0 Å². The maximum Gasteiger partial charge on any atom is 0.119 e. The molecule has 1 aromatic carbocycles. The second kappa shape index (κ2) is 3.62. The van der Waals surface area contributed by atoms with E-state index in [-0.39, 0.29) is 6.04 Å². The summed E-state index contributed by atoms with van der Waals surface area (Å²) >= 11 is 0. The Kier molecular flexibility index (Phi) is 2.46. The lowest BCUT2D eigenvalue weighted by Gasteiger charge is -2.13. The van der Waals surface area contributed by atoms with Crippen molar-refractivity contribution >= 4 is 0 Å². The maximum absolute atomic E-state index is 6.14. The van der Waals surface area contributed by atoms with Crippen molar-refractivity contribution < 1.29 is 4.74 Å². The number of rotatable bonds is 3. The number of methoxy groups -OCH3 is 1. The summed E-state index contributed by atoms with van der Waals surface area (Å²) in [7, 11) is 1.70. The predicted octanol–water partition coefficient (Wildman–Crippen LogP) is 2.41. The summed E-state index contributed by atoms with van der Waals surface area (Å²) in [5.41, 5.74) is 8.57. The van der Waals surface area contributed by atoms with Crippen LogP contribution in [0.2, 0.25) is 0 Å². The normalized spacial score (nSPS) is 17.9. The van der Waals surface area contributed by atoms with Crippen LogP contribution in [0.3, 0.4) is 0 Å². The molecule has 0 spiro atoms. The molecule has 2 rings (SSSR count). The van der Waals surface area contributed by atoms with Crippen LogP contribution in [0.15, 0.2) is 18.2 Å². The van der Waals surface area contributed by atoms with Crippen molar-refractivity contribution in [3.8, 4) is 5.75 Å². The molecular formula is C12H17NO. The summed E-state index contributed by atoms with van der Waals surface area (Å²) < 4.78 is 5.23. The van der Waals surface area contributed by atoms with E-state index < -0.39 is 0 Å². The summed E-state index contributed by atoms with van der Waals surface area (Å²) in [6.07, 6.45) is 2.55. The molecule has 0 radical (unpaired) electrons. The van der Waals surface area contributed by atoms with Gasteiger partial charge in [-0.2, -0.15) is 0 Å². The van der Waals surface area contributed by atoms with E-state index in [1.54, 1.807) is 7.11 Å². The van der Waals surface area contributed by atoms with Gasteiger partial charge in [0, 0.05) is 6.04 Å². The minimum absolute atomic E-state index is 0.198. The van der Waals surface area contributed by atoms with Gasteiger partial charge in [0.05, 0.1) is 7.11 Å². The Balaban J connectivity index is 2.27. The van der Waals surface area contributed by atoms with E-state index in [0.29, 0.717) is 5.92 Å².